The van der Waals surface area contributed by atoms with Gasteiger partial charge in [-0.2, -0.15) is 0 Å². The van der Waals surface area contributed by atoms with Gasteiger partial charge in [0.05, 0.1) is 24.4 Å². The van der Waals surface area contributed by atoms with Gasteiger partial charge in [0, 0.05) is 0 Å². The summed E-state index contributed by atoms with van der Waals surface area (Å²) < 4.78 is 0. The average Bonchev–Trinajstić information content (AvgIpc) is 1.57. The summed E-state index contributed by atoms with van der Waals surface area (Å²) in [5.74, 6) is 21.8. The van der Waals surface area contributed by atoms with Crippen molar-refractivity contribution < 1.29 is 20.4 Å². The van der Waals surface area contributed by atoms with Crippen LogP contribution in [0.5, 0.6) is 0 Å². The second-order valence-electron chi connectivity index (χ2n) is 49.3. The first-order valence-corrected chi connectivity index (χ1v) is 51.5. The maximum atomic E-state index is 11.3. The Morgan fingerprint density at radius 3 is 1.03 bits per heavy atom. The molecule has 16 aliphatic carbocycles. The van der Waals surface area contributed by atoms with E-state index in [2.05, 4.69) is 170 Å². The molecule has 12 saturated carbocycles. The van der Waals surface area contributed by atoms with Crippen LogP contribution in [0, 0.1) is 191 Å². The topological polar surface area (TPSA) is 80.9 Å². The van der Waals surface area contributed by atoms with Gasteiger partial charge in [-0.25, -0.2) is 0 Å². The quantitative estimate of drug-likeness (QED) is 0.0864. The Labute approximate surface area is 706 Å². The molecule has 34 atom stereocenters. The molecule has 0 bridgehead atoms. The Bertz CT molecular complexity index is 3250. The Balaban J connectivity index is 0.000000133. The molecule has 0 radical (unpaired) electrons. The lowest BCUT2D eigenvalue weighted by atomic mass is 9.46. The van der Waals surface area contributed by atoms with E-state index >= 15 is 0 Å². The zero-order valence-electron chi connectivity index (χ0n) is 79.0. The van der Waals surface area contributed by atoms with Gasteiger partial charge in [0.25, 0.3) is 0 Å². The fourth-order valence-electron chi connectivity index (χ4n) is 34.9. The lowest BCUT2D eigenvalue weighted by Gasteiger charge is -2.60. The fraction of sp³-hybridized carbons (Fsp3) is 0.927. The highest BCUT2D eigenvalue weighted by Gasteiger charge is 2.65. The minimum Gasteiger partial charge on any atom is -0.393 e. The van der Waals surface area contributed by atoms with Crippen molar-refractivity contribution in [2.45, 2.75) is 452 Å². The van der Waals surface area contributed by atoms with Gasteiger partial charge in [0.1, 0.15) is 0 Å². The van der Waals surface area contributed by atoms with Gasteiger partial charge in [-0.05, 0) is 397 Å². The third kappa shape index (κ3) is 17.4. The molecule has 0 aromatic heterocycles. The molecule has 34 unspecified atom stereocenters. The maximum absolute atomic E-state index is 11.3. The van der Waals surface area contributed by atoms with Crippen molar-refractivity contribution in [3.8, 4) is 0 Å². The Morgan fingerprint density at radius 2 is 0.658 bits per heavy atom. The van der Waals surface area contributed by atoms with Crippen molar-refractivity contribution in [3.05, 3.63) is 46.6 Å². The van der Waals surface area contributed by atoms with E-state index in [1.54, 1.807) is 22.3 Å². The van der Waals surface area contributed by atoms with Gasteiger partial charge in [0.2, 0.25) is 0 Å². The minimum atomic E-state index is -0.0814. The number of rotatable bonds is 21. The molecule has 0 aromatic rings. The normalized spacial score (nSPS) is 46.5. The lowest BCUT2D eigenvalue weighted by Crippen LogP contribution is -2.55. The van der Waals surface area contributed by atoms with E-state index < -0.39 is 0 Å². The average molecular weight is 1570 g/mol. The van der Waals surface area contributed by atoms with Crippen LogP contribution in [-0.2, 0) is 0 Å². The molecule has 16 aliphatic rings. The van der Waals surface area contributed by atoms with Crippen LogP contribution in [0.25, 0.3) is 0 Å². The van der Waals surface area contributed by atoms with Crippen LogP contribution in [-0.4, -0.2) is 44.8 Å². The number of hydrogen-bond donors (Lipinski definition) is 4. The van der Waals surface area contributed by atoms with Crippen molar-refractivity contribution in [2.24, 2.45) is 191 Å². The predicted octanol–water partition coefficient (Wildman–Crippen LogP) is 30.2. The zero-order valence-corrected chi connectivity index (χ0v) is 79.0. The van der Waals surface area contributed by atoms with Gasteiger partial charge >= 0.3 is 0 Å². The summed E-state index contributed by atoms with van der Waals surface area (Å²) in [4.78, 5) is 0. The lowest BCUT2D eigenvalue weighted by molar-refractivity contribution is -0.112. The molecule has 4 nitrogen and oxygen atoms in total. The monoisotopic (exact) mass is 1570 g/mol. The molecule has 4 N–H and O–H groups in total. The van der Waals surface area contributed by atoms with Crippen LogP contribution in [0.1, 0.15) is 428 Å². The van der Waals surface area contributed by atoms with Crippen LogP contribution in [0.15, 0.2) is 46.6 Å². The third-order valence-electron chi connectivity index (χ3n) is 42.5. The van der Waals surface area contributed by atoms with Crippen LogP contribution >= 0.6 is 0 Å². The van der Waals surface area contributed by atoms with Crippen molar-refractivity contribution in [1.82, 2.24) is 0 Å². The number of fused-ring (bicyclic) bond motifs is 20. The Morgan fingerprint density at radius 1 is 0.325 bits per heavy atom. The summed E-state index contributed by atoms with van der Waals surface area (Å²) in [6.07, 6.45) is 68.5. The van der Waals surface area contributed by atoms with Gasteiger partial charge in [-0.1, -0.05) is 269 Å². The summed E-state index contributed by atoms with van der Waals surface area (Å²) in [6, 6.07) is 0. The second kappa shape index (κ2) is 36.5. The molecule has 12 fully saturated rings. The highest BCUT2D eigenvalue weighted by atomic mass is 16.3. The molecule has 0 amide bonds. The standard InChI is InChI=1S/2C28H48O.2C27H46O/c1-18(2)19(3)7-8-20(4)24-11-12-25-23-10-9-21-17-22(29)13-15-27(21,5)26(23)14-16-28(24,25)6;1-6-19(2)8-7-9-20(3)24-12-13-25-23-11-10-21-18-22(29)14-16-27(21,4)26(23)15-17-28(24,25)5;1-18(2)9-8-10-19(3)21-12-13-22-25-23(14-16-27(21,22)5)26(4)15-7-6-11-20(26)17-24(25)28;1-18(2)7-6-8-19(3)23-11-12-24-22-10-9-20-17-21(28)13-15-26(20,4)25(22)14-16-27(23,24)5/h9,18-20,22-26,29H,7-8,10-17H2,1-6H3;10,19-20,22-26,29H,6-9,11-18H2,1-5H3;11,18-19,21-25,28H,6-10,12-17H2,1-5H3;9,18-19,21-25,28H,6-8,10-17H2,1-5H3. The van der Waals surface area contributed by atoms with E-state index in [1.165, 1.54) is 238 Å². The van der Waals surface area contributed by atoms with Gasteiger partial charge < -0.3 is 20.4 Å². The first kappa shape index (κ1) is 90.5. The maximum Gasteiger partial charge on any atom is 0.0611 e. The Hall–Kier alpha value is -1.20. The molecule has 0 saturated heterocycles. The van der Waals surface area contributed by atoms with Crippen LogP contribution in [0.3, 0.4) is 0 Å². The Kier molecular flexibility index (Phi) is 29.0. The number of aliphatic hydroxyl groups excluding tert-OH is 4. The SMILES string of the molecule is CC(C)C(C)CCC(C)C1CCC2C3CC=C4CC(O)CCC4(C)C3CCC12C.CC(C)CCCC(C)C1CCC2C3C(O)CC4=CCCCC4(C)C3CCC12C.CC(C)CCCC(C)C1CCC2C3CC=C4CC(O)CCC4(C)C3CCC12C.CCC(C)CCCC(C)C1CCC2C3CC=C4CC(O)CCC4(C)C3CCC12C. The molecule has 114 heavy (non-hydrogen) atoms. The molecule has 0 aromatic carbocycles. The van der Waals surface area contributed by atoms with E-state index in [9.17, 15) is 20.4 Å². The minimum absolute atomic E-state index is 0.0766. The van der Waals surface area contributed by atoms with Crippen LogP contribution in [0.4, 0.5) is 0 Å². The molecular weight excluding hydrogens is 1390 g/mol. The predicted molar refractivity (Wildman–Crippen MR) is 485 cm³/mol. The molecule has 652 valence electrons. The summed E-state index contributed by atoms with van der Waals surface area (Å²) in [5.41, 5.74) is 10.3. The smallest absolute Gasteiger partial charge is 0.0611 e. The largest absolute Gasteiger partial charge is 0.393 e. The highest BCUT2D eigenvalue weighted by molar-refractivity contribution is 5.30. The van der Waals surface area contributed by atoms with E-state index in [4.69, 9.17) is 0 Å². The van der Waals surface area contributed by atoms with Crippen molar-refractivity contribution >= 4 is 0 Å². The van der Waals surface area contributed by atoms with E-state index in [0.717, 1.165) is 187 Å². The van der Waals surface area contributed by atoms with Crippen molar-refractivity contribution in [1.29, 1.82) is 0 Å². The number of hydrogen-bond acceptors (Lipinski definition) is 4. The van der Waals surface area contributed by atoms with Gasteiger partial charge in [-0.3, -0.25) is 0 Å². The van der Waals surface area contributed by atoms with Crippen LogP contribution < -0.4 is 0 Å². The van der Waals surface area contributed by atoms with Gasteiger partial charge in [0.15, 0.2) is 0 Å². The van der Waals surface area contributed by atoms with Crippen molar-refractivity contribution in [2.75, 3.05) is 0 Å². The second-order valence-corrected chi connectivity index (χ2v) is 49.3. The molecule has 0 heterocycles. The van der Waals surface area contributed by atoms with E-state index in [-0.39, 0.29) is 24.4 Å². The fourth-order valence-corrected chi connectivity index (χ4v) is 34.9. The summed E-state index contributed by atoms with van der Waals surface area (Å²) in [6.45, 7) is 52.7. The summed E-state index contributed by atoms with van der Waals surface area (Å²) in [7, 11) is 0. The molecule has 0 spiro atoms. The van der Waals surface area contributed by atoms with Crippen LogP contribution in [0.2, 0.25) is 0 Å². The number of allylic oxidation sites excluding steroid dienone is 4. The van der Waals surface area contributed by atoms with Gasteiger partial charge in [-0.15, -0.1) is 0 Å². The molecule has 0 aliphatic heterocycles. The number of aliphatic hydroxyl groups is 4. The first-order valence-electron chi connectivity index (χ1n) is 51.5. The summed E-state index contributed by atoms with van der Waals surface area (Å²) in [5, 5.41) is 42.0. The molecule has 4 heteroatoms. The molecule has 16 rings (SSSR count). The van der Waals surface area contributed by atoms with Crippen molar-refractivity contribution in [3.63, 3.8) is 0 Å². The molecular formula is C110H188O4. The summed E-state index contributed by atoms with van der Waals surface area (Å²) >= 11 is 0. The van der Waals surface area contributed by atoms with E-state index in [0.29, 0.717) is 49.2 Å². The third-order valence-corrected chi connectivity index (χ3v) is 42.5. The zero-order chi connectivity index (χ0) is 82.0. The highest BCUT2D eigenvalue weighted by Crippen LogP contribution is 2.73. The van der Waals surface area contributed by atoms with E-state index in [1.807, 2.05) is 0 Å². The first-order chi connectivity index (χ1) is 54.0.